The van der Waals surface area contributed by atoms with Crippen LogP contribution in [0.3, 0.4) is 0 Å². The second-order valence-electron chi connectivity index (χ2n) is 3.21. The Morgan fingerprint density at radius 1 is 1.61 bits per heavy atom. The van der Waals surface area contributed by atoms with E-state index in [1.807, 2.05) is 0 Å². The first-order chi connectivity index (χ1) is 8.45. The van der Waals surface area contributed by atoms with E-state index >= 15 is 0 Å². The van der Waals surface area contributed by atoms with E-state index in [2.05, 4.69) is 4.74 Å². The highest BCUT2D eigenvalue weighted by atomic mass is 35.5. The number of benzene rings is 1. The molecule has 1 aromatic carbocycles. The van der Waals surface area contributed by atoms with Crippen LogP contribution in [0, 0.1) is 10.1 Å². The van der Waals surface area contributed by atoms with E-state index in [1.54, 1.807) is 6.92 Å². The number of nitrogens with zero attached hydrogens (tertiary/aromatic N) is 1. The van der Waals surface area contributed by atoms with Crippen LogP contribution in [-0.2, 0) is 9.53 Å². The Morgan fingerprint density at radius 2 is 2.28 bits per heavy atom. The van der Waals surface area contributed by atoms with Gasteiger partial charge < -0.3 is 9.84 Å². The van der Waals surface area contributed by atoms with Gasteiger partial charge in [0, 0.05) is 22.7 Å². The third-order valence-electron chi connectivity index (χ3n) is 1.97. The Morgan fingerprint density at radius 3 is 2.83 bits per heavy atom. The van der Waals surface area contributed by atoms with Crippen molar-refractivity contribution < 1.29 is 19.6 Å². The SMILES string of the molecule is CCOC(=O)/C=C/c1cc(Cl)cc([N+](=O)[O-])c1O. The van der Waals surface area contributed by atoms with E-state index in [0.29, 0.717) is 0 Å². The summed E-state index contributed by atoms with van der Waals surface area (Å²) in [6, 6.07) is 2.33. The third-order valence-corrected chi connectivity index (χ3v) is 2.18. The summed E-state index contributed by atoms with van der Waals surface area (Å²) in [5.74, 6) is -1.16. The summed E-state index contributed by atoms with van der Waals surface area (Å²) in [6.07, 6.45) is 2.25. The number of phenolic OH excluding ortho intramolecular Hbond substituents is 1. The highest BCUT2D eigenvalue weighted by molar-refractivity contribution is 6.31. The van der Waals surface area contributed by atoms with Crippen molar-refractivity contribution in [1.82, 2.24) is 0 Å². The molecule has 7 heteroatoms. The maximum absolute atomic E-state index is 11.1. The largest absolute Gasteiger partial charge is 0.502 e. The predicted octanol–water partition coefficient (Wildman–Crippen LogP) is 2.53. The first-order valence-electron chi connectivity index (χ1n) is 4.97. The Kier molecular flexibility index (Phi) is 4.67. The van der Waals surface area contributed by atoms with Gasteiger partial charge >= 0.3 is 11.7 Å². The average molecular weight is 272 g/mol. The first-order valence-corrected chi connectivity index (χ1v) is 5.35. The smallest absolute Gasteiger partial charge is 0.330 e. The Balaban J connectivity index is 3.10. The second-order valence-corrected chi connectivity index (χ2v) is 3.64. The molecule has 0 bridgehead atoms. The fourth-order valence-corrected chi connectivity index (χ4v) is 1.44. The number of nitro groups is 1. The summed E-state index contributed by atoms with van der Waals surface area (Å²) >= 11 is 5.68. The van der Waals surface area contributed by atoms with E-state index < -0.39 is 22.3 Å². The van der Waals surface area contributed by atoms with Gasteiger partial charge in [0.25, 0.3) is 0 Å². The van der Waals surface area contributed by atoms with Crippen molar-refractivity contribution in [3.05, 3.63) is 38.9 Å². The molecule has 0 atom stereocenters. The molecule has 0 heterocycles. The second kappa shape index (κ2) is 6.02. The number of hydrogen-bond acceptors (Lipinski definition) is 5. The quantitative estimate of drug-likeness (QED) is 0.393. The lowest BCUT2D eigenvalue weighted by atomic mass is 10.1. The fraction of sp³-hybridized carbons (Fsp3) is 0.182. The lowest BCUT2D eigenvalue weighted by Crippen LogP contribution is -1.98. The van der Waals surface area contributed by atoms with Crippen LogP contribution in [-0.4, -0.2) is 22.6 Å². The summed E-state index contributed by atoms with van der Waals surface area (Å²) in [6.45, 7) is 1.86. The summed E-state index contributed by atoms with van der Waals surface area (Å²) in [7, 11) is 0. The Hall–Kier alpha value is -2.08. The Bertz CT molecular complexity index is 512. The monoisotopic (exact) mass is 271 g/mol. The zero-order valence-corrected chi connectivity index (χ0v) is 10.2. The van der Waals surface area contributed by atoms with Crippen molar-refractivity contribution in [1.29, 1.82) is 0 Å². The normalized spacial score (nSPS) is 10.6. The maximum Gasteiger partial charge on any atom is 0.330 e. The van der Waals surface area contributed by atoms with Crippen LogP contribution in [0.2, 0.25) is 5.02 Å². The molecule has 0 spiro atoms. The Labute approximate surface area is 108 Å². The minimum absolute atomic E-state index is 0.0715. The van der Waals surface area contributed by atoms with Gasteiger partial charge in [0.15, 0.2) is 0 Å². The van der Waals surface area contributed by atoms with Gasteiger partial charge in [0.05, 0.1) is 11.5 Å². The highest BCUT2D eigenvalue weighted by Crippen LogP contribution is 2.33. The minimum Gasteiger partial charge on any atom is -0.502 e. The number of carbonyl (C=O) groups excluding carboxylic acids is 1. The standard InChI is InChI=1S/C11H10ClNO5/c1-2-18-10(14)4-3-7-5-8(12)6-9(11(7)15)13(16)17/h3-6,15H,2H2,1H3/b4-3+. The summed E-state index contributed by atoms with van der Waals surface area (Å²) in [5.41, 5.74) is -0.451. The van der Waals surface area contributed by atoms with E-state index in [1.165, 1.54) is 12.1 Å². The molecular formula is C11H10ClNO5. The fourth-order valence-electron chi connectivity index (χ4n) is 1.22. The number of carbonyl (C=O) groups is 1. The number of halogens is 1. The molecule has 0 fully saturated rings. The molecule has 0 aliphatic heterocycles. The maximum atomic E-state index is 11.1. The van der Waals surface area contributed by atoms with Crippen LogP contribution in [0.4, 0.5) is 5.69 Å². The van der Waals surface area contributed by atoms with Gasteiger partial charge in [0.1, 0.15) is 0 Å². The van der Waals surface area contributed by atoms with Crippen LogP contribution >= 0.6 is 11.6 Å². The zero-order valence-electron chi connectivity index (χ0n) is 9.42. The number of ether oxygens (including phenoxy) is 1. The molecular weight excluding hydrogens is 262 g/mol. The lowest BCUT2D eigenvalue weighted by Gasteiger charge is -2.01. The van der Waals surface area contributed by atoms with Gasteiger partial charge in [-0.05, 0) is 19.1 Å². The molecule has 1 N–H and O–H groups in total. The van der Waals surface area contributed by atoms with Gasteiger partial charge in [-0.15, -0.1) is 0 Å². The van der Waals surface area contributed by atoms with E-state index in [-0.39, 0.29) is 17.2 Å². The van der Waals surface area contributed by atoms with Crippen LogP contribution in [0.25, 0.3) is 6.08 Å². The average Bonchev–Trinajstić information content (AvgIpc) is 2.30. The molecule has 0 radical (unpaired) electrons. The van der Waals surface area contributed by atoms with Crippen LogP contribution < -0.4 is 0 Å². The molecule has 0 saturated carbocycles. The molecule has 1 aromatic rings. The van der Waals surface area contributed by atoms with Crippen molar-refractivity contribution in [2.45, 2.75) is 6.92 Å². The minimum atomic E-state index is -0.761. The number of esters is 1. The molecule has 1 rings (SSSR count). The zero-order chi connectivity index (χ0) is 13.7. The molecule has 0 aliphatic carbocycles. The number of hydrogen-bond donors (Lipinski definition) is 1. The molecule has 0 aliphatic rings. The summed E-state index contributed by atoms with van der Waals surface area (Å²) in [4.78, 5) is 21.0. The van der Waals surface area contributed by atoms with Crippen molar-refractivity contribution in [2.75, 3.05) is 6.61 Å². The number of rotatable bonds is 4. The van der Waals surface area contributed by atoms with Crippen molar-refractivity contribution in [3.63, 3.8) is 0 Å². The van der Waals surface area contributed by atoms with Gasteiger partial charge in [-0.3, -0.25) is 10.1 Å². The molecule has 0 unspecified atom stereocenters. The van der Waals surface area contributed by atoms with E-state index in [0.717, 1.165) is 12.1 Å². The predicted molar refractivity (Wildman–Crippen MR) is 65.4 cm³/mol. The van der Waals surface area contributed by atoms with Crippen molar-refractivity contribution >= 4 is 29.3 Å². The molecule has 0 saturated heterocycles. The third kappa shape index (κ3) is 3.46. The van der Waals surface area contributed by atoms with Gasteiger partial charge in [-0.2, -0.15) is 0 Å². The van der Waals surface area contributed by atoms with Crippen molar-refractivity contribution in [3.8, 4) is 5.75 Å². The summed E-state index contributed by atoms with van der Waals surface area (Å²) in [5, 5.41) is 20.3. The molecule has 0 amide bonds. The van der Waals surface area contributed by atoms with Gasteiger partial charge in [0.2, 0.25) is 5.75 Å². The van der Waals surface area contributed by atoms with Crippen LogP contribution in [0.15, 0.2) is 18.2 Å². The highest BCUT2D eigenvalue weighted by Gasteiger charge is 2.17. The number of nitro benzene ring substituents is 1. The first kappa shape index (κ1) is 14.0. The summed E-state index contributed by atoms with van der Waals surface area (Å²) < 4.78 is 4.64. The molecule has 18 heavy (non-hydrogen) atoms. The lowest BCUT2D eigenvalue weighted by molar-refractivity contribution is -0.385. The number of phenols is 1. The molecule has 96 valence electrons. The topological polar surface area (TPSA) is 89.7 Å². The van der Waals surface area contributed by atoms with Gasteiger partial charge in [-0.1, -0.05) is 11.6 Å². The number of aromatic hydroxyl groups is 1. The molecule has 6 nitrogen and oxygen atoms in total. The van der Waals surface area contributed by atoms with Gasteiger partial charge in [-0.25, -0.2) is 4.79 Å². The van der Waals surface area contributed by atoms with E-state index in [4.69, 9.17) is 11.6 Å². The van der Waals surface area contributed by atoms with Crippen LogP contribution in [0.1, 0.15) is 12.5 Å². The molecule has 0 aromatic heterocycles. The van der Waals surface area contributed by atoms with Crippen LogP contribution in [0.5, 0.6) is 5.75 Å². The van der Waals surface area contributed by atoms with Crippen molar-refractivity contribution in [2.24, 2.45) is 0 Å². The van der Waals surface area contributed by atoms with E-state index in [9.17, 15) is 20.0 Å².